The summed E-state index contributed by atoms with van der Waals surface area (Å²) in [5.74, 6) is -6.61. The third-order valence-electron chi connectivity index (χ3n) is 9.82. The van der Waals surface area contributed by atoms with Crippen LogP contribution in [0.2, 0.25) is 0 Å². The number of fused-ring (bicyclic) bond motifs is 1. The number of nitrogens with two attached hydrogens (primary N) is 1. The van der Waals surface area contributed by atoms with Crippen LogP contribution in [0.1, 0.15) is 74.7 Å². The van der Waals surface area contributed by atoms with Crippen molar-refractivity contribution in [3.05, 3.63) is 0 Å². The Hall–Kier alpha value is -1.44. The van der Waals surface area contributed by atoms with Crippen LogP contribution in [0.25, 0.3) is 0 Å². The van der Waals surface area contributed by atoms with Crippen LogP contribution in [0.15, 0.2) is 0 Å². The summed E-state index contributed by atoms with van der Waals surface area (Å²) in [5, 5.41) is 13.9. The molecule has 1 radical (unpaired) electrons. The fourth-order valence-corrected chi connectivity index (χ4v) is 7.32. The molecule has 3 aliphatic rings. The first-order chi connectivity index (χ1) is 21.1. The van der Waals surface area contributed by atoms with E-state index >= 15 is 4.39 Å². The van der Waals surface area contributed by atoms with E-state index in [1.54, 1.807) is 46.7 Å². The molecule has 3 rings (SSSR count). The van der Waals surface area contributed by atoms with E-state index in [4.69, 9.17) is 29.4 Å². The number of cyclic esters (lactones) is 1. The number of nitrogens with one attached hydrogen (secondary N) is 1. The van der Waals surface area contributed by atoms with Gasteiger partial charge in [-0.2, -0.15) is 0 Å². The number of amides is 2. The summed E-state index contributed by atoms with van der Waals surface area (Å²) >= 11 is 0. The maximum Gasteiger partial charge on any atom is 0.408 e. The number of esters is 1. The van der Waals surface area contributed by atoms with Crippen LogP contribution in [0, 0.1) is 61.8 Å². The number of hydrogen-bond donors (Lipinski definition) is 3. The topological polar surface area (TPSA) is 193 Å². The van der Waals surface area contributed by atoms with Gasteiger partial charge in [-0.25, -0.2) is 18.8 Å². The molecule has 0 saturated carbocycles. The fourth-order valence-electron chi connectivity index (χ4n) is 7.32. The Kier molecular flexibility index (Phi) is 13.9. The van der Waals surface area contributed by atoms with Gasteiger partial charge in [0.15, 0.2) is 17.7 Å². The van der Waals surface area contributed by atoms with E-state index < -0.39 is 101 Å². The number of halogens is 1. The number of carbonyl (C=O) groups is 5. The molecule has 3 heterocycles. The number of likely N-dealkylation sites (N-methyl/N-ethyl adjacent to an activating group) is 1. The molecule has 3 aliphatic heterocycles. The Morgan fingerprint density at radius 1 is 1.11 bits per heavy atom. The molecular weight excluding hydrogens is 836 g/mol. The minimum absolute atomic E-state index is 0. The number of rotatable bonds is 5. The number of alkyl carbamates (subject to hydrolysis) is 1. The molecule has 265 valence electrons. The van der Waals surface area contributed by atoms with E-state index in [1.165, 1.54) is 20.8 Å². The van der Waals surface area contributed by atoms with E-state index in [2.05, 4.69) is 5.32 Å². The Morgan fingerprint density at radius 2 is 1.70 bits per heavy atom. The molecule has 0 aromatic heterocycles. The molecule has 3 saturated heterocycles. The monoisotopic (exact) mass is 886 g/mol. The van der Waals surface area contributed by atoms with Crippen LogP contribution in [0.4, 0.5) is 14.0 Å². The molecule has 13 atom stereocenters. The van der Waals surface area contributed by atoms with Gasteiger partial charge in [-0.1, -0.05) is 27.7 Å². The molecular formula is C31H50AcFN3O11. The number of primary amides is 1. The quantitative estimate of drug-likeness (QED) is 0.207. The summed E-state index contributed by atoms with van der Waals surface area (Å²) in [4.78, 5) is 67.9. The third-order valence-corrected chi connectivity index (χ3v) is 9.82. The van der Waals surface area contributed by atoms with E-state index in [0.717, 1.165) is 6.92 Å². The van der Waals surface area contributed by atoms with Crippen molar-refractivity contribution in [1.82, 2.24) is 10.2 Å². The number of carbonyl (C=O) groups excluding carboxylic acids is 5. The molecule has 0 aromatic carbocycles. The van der Waals surface area contributed by atoms with Crippen molar-refractivity contribution in [2.45, 2.75) is 134 Å². The Bertz CT molecular complexity index is 1210. The zero-order valence-electron chi connectivity index (χ0n) is 28.9. The Balaban J connectivity index is 0.00000768. The van der Waals surface area contributed by atoms with Crippen molar-refractivity contribution in [2.75, 3.05) is 14.1 Å². The molecule has 0 bridgehead atoms. The second kappa shape index (κ2) is 15.6. The van der Waals surface area contributed by atoms with E-state index in [-0.39, 0.29) is 62.7 Å². The molecule has 14 nitrogen and oxygen atoms in total. The first kappa shape index (κ1) is 41.7. The summed E-state index contributed by atoms with van der Waals surface area (Å²) in [6.07, 6.45) is -7.79. The fraction of sp³-hybridized carbons (Fsp3) is 0.839. The summed E-state index contributed by atoms with van der Waals surface area (Å²) in [7, 11) is 3.52. The van der Waals surface area contributed by atoms with Crippen LogP contribution in [-0.2, 0) is 38.1 Å². The van der Waals surface area contributed by atoms with Gasteiger partial charge in [0.05, 0.1) is 12.1 Å². The summed E-state index contributed by atoms with van der Waals surface area (Å²) in [6.45, 7) is 11.4. The number of hydrogen-bond acceptors (Lipinski definition) is 12. The van der Waals surface area contributed by atoms with Crippen molar-refractivity contribution in [3.8, 4) is 0 Å². The average molecular weight is 887 g/mol. The van der Waals surface area contributed by atoms with Crippen LogP contribution < -0.4 is 11.1 Å². The average Bonchev–Trinajstić information content (AvgIpc) is 3.27. The van der Waals surface area contributed by atoms with Crippen LogP contribution >= 0.6 is 0 Å². The number of Topliss-reactive ketones (excluding diaryl/α,β-unsaturated/α-hetero) is 2. The van der Waals surface area contributed by atoms with Crippen molar-refractivity contribution < 1.29 is 101 Å². The van der Waals surface area contributed by atoms with Gasteiger partial charge in [-0.15, -0.1) is 0 Å². The third kappa shape index (κ3) is 8.48. The second-order valence-corrected chi connectivity index (χ2v) is 13.8. The first-order valence-corrected chi connectivity index (χ1v) is 15.7. The summed E-state index contributed by atoms with van der Waals surface area (Å²) in [6, 6.07) is -1.45. The number of nitrogens with zero attached hydrogens (tertiary/aromatic N) is 1. The van der Waals surface area contributed by atoms with Crippen LogP contribution in [0.3, 0.4) is 0 Å². The van der Waals surface area contributed by atoms with E-state index in [0.29, 0.717) is 6.42 Å². The van der Waals surface area contributed by atoms with Gasteiger partial charge in [-0.3, -0.25) is 9.59 Å². The Morgan fingerprint density at radius 3 is 2.23 bits per heavy atom. The number of aliphatic hydroxyl groups excluding tert-OH is 1. The number of ether oxygens (including phenoxy) is 5. The smallest absolute Gasteiger partial charge is 0.408 e. The molecule has 16 heteroatoms. The van der Waals surface area contributed by atoms with Crippen molar-refractivity contribution in [1.29, 1.82) is 0 Å². The second-order valence-electron chi connectivity index (χ2n) is 13.8. The van der Waals surface area contributed by atoms with Crippen molar-refractivity contribution >= 4 is 29.7 Å². The molecule has 4 N–H and O–H groups in total. The largest absolute Gasteiger partial charge is 0.455 e. The molecule has 0 unspecified atom stereocenters. The minimum Gasteiger partial charge on any atom is -0.455 e. The molecule has 0 aromatic rings. The number of ketones is 2. The summed E-state index contributed by atoms with van der Waals surface area (Å²) < 4.78 is 45.3. The van der Waals surface area contributed by atoms with E-state index in [1.807, 2.05) is 0 Å². The molecule has 3 fully saturated rings. The van der Waals surface area contributed by atoms with Crippen molar-refractivity contribution in [3.63, 3.8) is 0 Å². The predicted molar refractivity (Wildman–Crippen MR) is 160 cm³/mol. The minimum atomic E-state index is -3.26. The van der Waals surface area contributed by atoms with Gasteiger partial charge in [0, 0.05) is 67.9 Å². The Labute approximate surface area is 311 Å². The molecule has 0 aliphatic carbocycles. The SMILES string of the molecule is CC[C@H]1OC(=O)[C@](C)(F)C(=O)[C@H](C)[C@@H](O[C@@H]2O[C@H](C)C[C@H](N(C)C)[C@H]2O)[C@](C)(OC(N)=O)C[C@@H](C)C(=O)[C@H](C)[C@H]2NC(=O)O[C@@]21C.[Ac]. The normalized spacial score (nSPS) is 43.5. The maximum absolute atomic E-state index is 16.4. The van der Waals surface area contributed by atoms with Crippen LogP contribution in [0.5, 0.6) is 0 Å². The zero-order valence-corrected chi connectivity index (χ0v) is 33.6. The number of aliphatic hydroxyl groups is 1. The first-order valence-electron chi connectivity index (χ1n) is 15.7. The predicted octanol–water partition coefficient (Wildman–Crippen LogP) is 2.02. The number of alkyl halides is 1. The van der Waals surface area contributed by atoms with E-state index in [9.17, 15) is 29.1 Å². The molecule has 2 amide bonds. The van der Waals surface area contributed by atoms with Gasteiger partial charge >= 0.3 is 18.2 Å². The standard InChI is InChI=1S/C31H50FN3O11.Ac/c1-11-19-31(8)22(34-28(41)46-31)16(4)20(36)14(2)13-29(6,45-27(33)40)24(17(5)23(38)30(7,32)26(39)43-19)44-25-21(37)18(35(9)10)12-15(3)42-25;/h14-19,21-22,24-25,37H,11-13H2,1-10H3,(H2,33,40)(H,34,41);/t14-,15-,16+,17+,18+,19-,21-,22-,24-,25+,29-,30-,31-;/m1./s1. The van der Waals surface area contributed by atoms with Gasteiger partial charge in [-0.05, 0) is 61.1 Å². The molecule has 0 spiro atoms. The summed E-state index contributed by atoms with van der Waals surface area (Å²) in [5.41, 5.74) is -1.27. The van der Waals surface area contributed by atoms with Crippen LogP contribution in [-0.4, -0.2) is 113 Å². The van der Waals surface area contributed by atoms with Gasteiger partial charge in [0.1, 0.15) is 29.7 Å². The molecule has 47 heavy (non-hydrogen) atoms. The van der Waals surface area contributed by atoms with Gasteiger partial charge in [0.25, 0.3) is 5.67 Å². The van der Waals surface area contributed by atoms with Gasteiger partial charge in [0.2, 0.25) is 0 Å². The van der Waals surface area contributed by atoms with Gasteiger partial charge < -0.3 is 44.7 Å². The zero-order chi connectivity index (χ0) is 35.1. The maximum atomic E-state index is 16.4. The van der Waals surface area contributed by atoms with Crippen molar-refractivity contribution in [2.24, 2.45) is 23.5 Å².